The second-order valence-electron chi connectivity index (χ2n) is 4.17. The molecule has 1 unspecified atom stereocenters. The number of thiazole rings is 1. The van der Waals surface area contributed by atoms with Crippen molar-refractivity contribution in [3.05, 3.63) is 16.1 Å². The maximum absolute atomic E-state index is 11.6. The first-order valence-electron chi connectivity index (χ1n) is 5.51. The van der Waals surface area contributed by atoms with Crippen LogP contribution in [0.5, 0.6) is 0 Å². The molecule has 96 valence electrons. The van der Waals surface area contributed by atoms with Crippen molar-refractivity contribution in [1.29, 1.82) is 0 Å². The first kappa shape index (κ1) is 12.7. The summed E-state index contributed by atoms with van der Waals surface area (Å²) in [6.07, 6.45) is 0.666. The molecule has 1 N–H and O–H groups in total. The summed E-state index contributed by atoms with van der Waals surface area (Å²) in [6, 6.07) is 0. The van der Waals surface area contributed by atoms with E-state index in [4.69, 9.17) is 5.11 Å². The van der Waals surface area contributed by atoms with Gasteiger partial charge < -0.3 is 5.11 Å². The number of hydrogen-bond donors (Lipinski definition) is 1. The SMILES string of the molecule is CC1CC(=O)N(CCc2nc(C(=O)O)cs2)C1=O. The van der Waals surface area contributed by atoms with E-state index in [2.05, 4.69) is 4.98 Å². The molecule has 2 rings (SSSR count). The van der Waals surface area contributed by atoms with Gasteiger partial charge in [0.25, 0.3) is 0 Å². The van der Waals surface area contributed by atoms with E-state index >= 15 is 0 Å². The van der Waals surface area contributed by atoms with Crippen LogP contribution in [0.4, 0.5) is 0 Å². The highest BCUT2D eigenvalue weighted by atomic mass is 32.1. The Morgan fingerprint density at radius 2 is 2.33 bits per heavy atom. The number of nitrogens with zero attached hydrogens (tertiary/aromatic N) is 2. The highest BCUT2D eigenvalue weighted by molar-refractivity contribution is 7.09. The minimum Gasteiger partial charge on any atom is -0.476 e. The Labute approximate surface area is 107 Å². The largest absolute Gasteiger partial charge is 0.476 e. The molecule has 1 aliphatic rings. The molecule has 7 heteroatoms. The summed E-state index contributed by atoms with van der Waals surface area (Å²) >= 11 is 1.22. The van der Waals surface area contributed by atoms with Crippen molar-refractivity contribution in [2.24, 2.45) is 5.92 Å². The van der Waals surface area contributed by atoms with Gasteiger partial charge in [0.15, 0.2) is 5.69 Å². The Hall–Kier alpha value is -1.76. The molecule has 0 radical (unpaired) electrons. The fourth-order valence-corrected chi connectivity index (χ4v) is 2.58. The van der Waals surface area contributed by atoms with Gasteiger partial charge >= 0.3 is 5.97 Å². The number of carboxylic acid groups (broad SMARTS) is 1. The van der Waals surface area contributed by atoms with Gasteiger partial charge in [0.05, 0.1) is 5.01 Å². The molecule has 6 nitrogen and oxygen atoms in total. The van der Waals surface area contributed by atoms with Crippen LogP contribution >= 0.6 is 11.3 Å². The van der Waals surface area contributed by atoms with Gasteiger partial charge in [0.2, 0.25) is 11.8 Å². The van der Waals surface area contributed by atoms with E-state index in [1.807, 2.05) is 0 Å². The first-order chi connectivity index (χ1) is 8.49. The number of amides is 2. The van der Waals surface area contributed by atoms with E-state index in [0.29, 0.717) is 11.4 Å². The van der Waals surface area contributed by atoms with Gasteiger partial charge in [-0.05, 0) is 0 Å². The second kappa shape index (κ2) is 4.85. The molecule has 1 aromatic rings. The van der Waals surface area contributed by atoms with E-state index < -0.39 is 5.97 Å². The summed E-state index contributed by atoms with van der Waals surface area (Å²) in [5.74, 6) is -1.64. The lowest BCUT2D eigenvalue weighted by atomic mass is 10.1. The molecule has 2 amide bonds. The molecule has 18 heavy (non-hydrogen) atoms. The first-order valence-corrected chi connectivity index (χ1v) is 6.39. The molecule has 1 saturated heterocycles. The molecule has 1 aliphatic heterocycles. The Morgan fingerprint density at radius 1 is 1.61 bits per heavy atom. The number of carboxylic acids is 1. The standard InChI is InChI=1S/C11H12N2O4S/c1-6-4-9(14)13(10(6)15)3-2-8-12-7(5-18-8)11(16)17/h5-6H,2-4H2,1H3,(H,16,17). The Kier molecular flexibility index (Phi) is 3.42. The summed E-state index contributed by atoms with van der Waals surface area (Å²) in [7, 11) is 0. The van der Waals surface area contributed by atoms with Crippen LogP contribution in [-0.4, -0.2) is 39.3 Å². The Bertz CT molecular complexity index is 511. The molecular weight excluding hydrogens is 256 g/mol. The summed E-state index contributed by atoms with van der Waals surface area (Å²) in [4.78, 5) is 39.0. The smallest absolute Gasteiger partial charge is 0.355 e. The quantitative estimate of drug-likeness (QED) is 0.815. The van der Waals surface area contributed by atoms with Crippen molar-refractivity contribution in [3.8, 4) is 0 Å². The van der Waals surface area contributed by atoms with Gasteiger partial charge in [-0.1, -0.05) is 6.92 Å². The minimum absolute atomic E-state index is 0.00226. The van der Waals surface area contributed by atoms with E-state index in [-0.39, 0.29) is 36.4 Å². The van der Waals surface area contributed by atoms with Gasteiger partial charge in [-0.2, -0.15) is 0 Å². The van der Waals surface area contributed by atoms with Crippen molar-refractivity contribution in [2.75, 3.05) is 6.54 Å². The number of hydrogen-bond acceptors (Lipinski definition) is 5. The maximum Gasteiger partial charge on any atom is 0.355 e. The third kappa shape index (κ3) is 2.40. The fraction of sp³-hybridized carbons (Fsp3) is 0.455. The normalized spacial score (nSPS) is 19.6. The topological polar surface area (TPSA) is 87.6 Å². The van der Waals surface area contributed by atoms with Crippen LogP contribution in [0.1, 0.15) is 28.8 Å². The number of carbonyl (C=O) groups is 3. The summed E-state index contributed by atoms with van der Waals surface area (Å²) in [5, 5.41) is 10.8. The lowest BCUT2D eigenvalue weighted by Gasteiger charge is -2.12. The highest BCUT2D eigenvalue weighted by Crippen LogP contribution is 2.19. The molecule has 1 aromatic heterocycles. The number of aromatic carboxylic acids is 1. The average molecular weight is 268 g/mol. The Morgan fingerprint density at radius 3 is 2.83 bits per heavy atom. The predicted molar refractivity (Wildman–Crippen MR) is 63.3 cm³/mol. The molecular formula is C11H12N2O4S. The average Bonchev–Trinajstić information content (AvgIpc) is 2.85. The zero-order valence-electron chi connectivity index (χ0n) is 9.75. The summed E-state index contributed by atoms with van der Waals surface area (Å²) in [5.41, 5.74) is 0.00226. The van der Waals surface area contributed by atoms with Crippen LogP contribution in [0.15, 0.2) is 5.38 Å². The summed E-state index contributed by atoms with van der Waals surface area (Å²) < 4.78 is 0. The van der Waals surface area contributed by atoms with Crippen molar-refractivity contribution in [2.45, 2.75) is 19.8 Å². The molecule has 1 atom stereocenters. The van der Waals surface area contributed by atoms with Gasteiger partial charge in [-0.25, -0.2) is 9.78 Å². The lowest BCUT2D eigenvalue weighted by molar-refractivity contribution is -0.139. The van der Waals surface area contributed by atoms with Crippen molar-refractivity contribution >= 4 is 29.1 Å². The van der Waals surface area contributed by atoms with Crippen molar-refractivity contribution in [3.63, 3.8) is 0 Å². The number of aromatic nitrogens is 1. The zero-order valence-corrected chi connectivity index (χ0v) is 10.6. The van der Waals surface area contributed by atoms with Crippen LogP contribution in [-0.2, 0) is 16.0 Å². The van der Waals surface area contributed by atoms with Crippen LogP contribution < -0.4 is 0 Å². The fourth-order valence-electron chi connectivity index (χ4n) is 1.81. The Balaban J connectivity index is 1.97. The van der Waals surface area contributed by atoms with Crippen LogP contribution in [0.3, 0.4) is 0 Å². The number of rotatable bonds is 4. The van der Waals surface area contributed by atoms with E-state index in [1.54, 1.807) is 6.92 Å². The zero-order chi connectivity index (χ0) is 13.3. The molecule has 0 aliphatic carbocycles. The predicted octanol–water partition coefficient (Wildman–Crippen LogP) is 0.779. The van der Waals surface area contributed by atoms with E-state index in [9.17, 15) is 14.4 Å². The van der Waals surface area contributed by atoms with E-state index in [0.717, 1.165) is 0 Å². The van der Waals surface area contributed by atoms with E-state index in [1.165, 1.54) is 21.6 Å². The van der Waals surface area contributed by atoms with Crippen molar-refractivity contribution in [1.82, 2.24) is 9.88 Å². The molecule has 0 saturated carbocycles. The van der Waals surface area contributed by atoms with Crippen LogP contribution in [0, 0.1) is 5.92 Å². The van der Waals surface area contributed by atoms with Gasteiger partial charge in [-0.15, -0.1) is 11.3 Å². The third-order valence-corrected chi connectivity index (χ3v) is 3.70. The van der Waals surface area contributed by atoms with Crippen LogP contribution in [0.2, 0.25) is 0 Å². The van der Waals surface area contributed by atoms with Gasteiger partial charge in [0, 0.05) is 30.7 Å². The number of likely N-dealkylation sites (tertiary alicyclic amines) is 1. The number of imide groups is 1. The van der Waals surface area contributed by atoms with Crippen LogP contribution in [0.25, 0.3) is 0 Å². The maximum atomic E-state index is 11.6. The number of carbonyl (C=O) groups excluding carboxylic acids is 2. The second-order valence-corrected chi connectivity index (χ2v) is 5.11. The highest BCUT2D eigenvalue weighted by Gasteiger charge is 2.35. The third-order valence-electron chi connectivity index (χ3n) is 2.79. The van der Waals surface area contributed by atoms with Crippen molar-refractivity contribution < 1.29 is 19.5 Å². The minimum atomic E-state index is -1.07. The monoisotopic (exact) mass is 268 g/mol. The summed E-state index contributed by atoms with van der Waals surface area (Å²) in [6.45, 7) is 2.00. The lowest BCUT2D eigenvalue weighted by Crippen LogP contribution is -2.32. The molecule has 0 bridgehead atoms. The molecule has 0 aromatic carbocycles. The molecule has 1 fully saturated rings. The van der Waals surface area contributed by atoms with Gasteiger partial charge in [-0.3, -0.25) is 14.5 Å². The van der Waals surface area contributed by atoms with Gasteiger partial charge in [0.1, 0.15) is 0 Å². The molecule has 2 heterocycles. The molecule has 0 spiro atoms.